The Labute approximate surface area is 121 Å². The van der Waals surface area contributed by atoms with E-state index in [1.807, 2.05) is 6.92 Å². The second-order valence-corrected chi connectivity index (χ2v) is 5.69. The number of ether oxygens (including phenoxy) is 2. The first-order chi connectivity index (χ1) is 9.36. The second kappa shape index (κ2) is 7.40. The van der Waals surface area contributed by atoms with Crippen molar-refractivity contribution < 1.29 is 9.47 Å². The van der Waals surface area contributed by atoms with Crippen LogP contribution in [-0.2, 0) is 14.9 Å². The van der Waals surface area contributed by atoms with Gasteiger partial charge >= 0.3 is 0 Å². The van der Waals surface area contributed by atoms with Crippen molar-refractivity contribution in [3.05, 3.63) is 11.4 Å². The number of rotatable bonds is 7. The van der Waals surface area contributed by atoms with E-state index in [-0.39, 0.29) is 5.41 Å². The molecule has 0 aromatic carbocycles. The molecule has 0 aliphatic rings. The molecule has 0 bridgehead atoms. The van der Waals surface area contributed by atoms with E-state index in [1.54, 1.807) is 7.11 Å². The van der Waals surface area contributed by atoms with Crippen LogP contribution in [0.3, 0.4) is 0 Å². The number of nitrogen functional groups attached to an aromatic ring is 1. The molecule has 0 atom stereocenters. The van der Waals surface area contributed by atoms with Gasteiger partial charge in [0, 0.05) is 24.6 Å². The lowest BCUT2D eigenvalue weighted by Gasteiger charge is -2.19. The van der Waals surface area contributed by atoms with E-state index in [9.17, 15) is 0 Å². The van der Waals surface area contributed by atoms with Gasteiger partial charge < -0.3 is 20.5 Å². The van der Waals surface area contributed by atoms with Gasteiger partial charge in [-0.05, 0) is 6.92 Å². The minimum atomic E-state index is -0.132. The fraction of sp³-hybridized carbons (Fsp3) is 0.714. The lowest BCUT2D eigenvalue weighted by atomic mass is 9.95. The molecule has 0 radical (unpaired) electrons. The van der Waals surface area contributed by atoms with Gasteiger partial charge in [-0.2, -0.15) is 0 Å². The van der Waals surface area contributed by atoms with Crippen LogP contribution in [-0.4, -0.2) is 43.4 Å². The minimum Gasteiger partial charge on any atom is -0.383 e. The summed E-state index contributed by atoms with van der Waals surface area (Å²) in [6.07, 6.45) is 0. The van der Waals surface area contributed by atoms with Crippen LogP contribution in [0.5, 0.6) is 0 Å². The Balaban J connectivity index is 2.63. The molecule has 0 amide bonds. The lowest BCUT2D eigenvalue weighted by molar-refractivity contribution is 0.0759. The normalized spacial score (nSPS) is 11.7. The molecule has 0 saturated carbocycles. The molecule has 0 spiro atoms. The Morgan fingerprint density at radius 2 is 1.85 bits per heavy atom. The number of nitrogens with zero attached hydrogens (tertiary/aromatic N) is 2. The van der Waals surface area contributed by atoms with Crippen molar-refractivity contribution in [3.63, 3.8) is 0 Å². The van der Waals surface area contributed by atoms with Crippen molar-refractivity contribution in [2.24, 2.45) is 0 Å². The molecular formula is C14H26N4O2. The third-order valence-corrected chi connectivity index (χ3v) is 2.82. The first kappa shape index (κ1) is 16.7. The fourth-order valence-electron chi connectivity index (χ4n) is 1.53. The van der Waals surface area contributed by atoms with Crippen LogP contribution in [0.2, 0.25) is 0 Å². The summed E-state index contributed by atoms with van der Waals surface area (Å²) in [5.41, 5.74) is 6.69. The SMILES string of the molecule is COCCOCCNc1nc(C(C)(C)C)nc(N)c1C. The molecule has 0 saturated heterocycles. The van der Waals surface area contributed by atoms with Gasteiger partial charge in [0.15, 0.2) is 0 Å². The minimum absolute atomic E-state index is 0.132. The number of hydrogen-bond acceptors (Lipinski definition) is 6. The largest absolute Gasteiger partial charge is 0.383 e. The summed E-state index contributed by atoms with van der Waals surface area (Å²) >= 11 is 0. The number of nitrogens with one attached hydrogen (secondary N) is 1. The third-order valence-electron chi connectivity index (χ3n) is 2.82. The molecule has 0 aliphatic carbocycles. The Hall–Kier alpha value is -1.40. The highest BCUT2D eigenvalue weighted by Crippen LogP contribution is 2.24. The molecule has 20 heavy (non-hydrogen) atoms. The van der Waals surface area contributed by atoms with Crippen LogP contribution in [0.15, 0.2) is 0 Å². The number of anilines is 2. The molecule has 0 unspecified atom stereocenters. The third kappa shape index (κ3) is 4.94. The Morgan fingerprint density at radius 3 is 2.45 bits per heavy atom. The van der Waals surface area contributed by atoms with Crippen LogP contribution >= 0.6 is 0 Å². The summed E-state index contributed by atoms with van der Waals surface area (Å²) in [5.74, 6) is 2.04. The predicted molar refractivity (Wildman–Crippen MR) is 81.1 cm³/mol. The monoisotopic (exact) mass is 282 g/mol. The van der Waals surface area contributed by atoms with E-state index in [2.05, 4.69) is 36.1 Å². The number of methoxy groups -OCH3 is 1. The second-order valence-electron chi connectivity index (χ2n) is 5.69. The van der Waals surface area contributed by atoms with E-state index >= 15 is 0 Å². The van der Waals surface area contributed by atoms with E-state index in [1.165, 1.54) is 0 Å². The molecule has 0 fully saturated rings. The van der Waals surface area contributed by atoms with Crippen molar-refractivity contribution >= 4 is 11.6 Å². The highest BCUT2D eigenvalue weighted by atomic mass is 16.5. The summed E-state index contributed by atoms with van der Waals surface area (Å²) in [6, 6.07) is 0. The van der Waals surface area contributed by atoms with Crippen LogP contribution in [0.25, 0.3) is 0 Å². The van der Waals surface area contributed by atoms with E-state index in [4.69, 9.17) is 15.2 Å². The van der Waals surface area contributed by atoms with Gasteiger partial charge in [0.1, 0.15) is 17.5 Å². The van der Waals surface area contributed by atoms with Crippen LogP contribution in [0.1, 0.15) is 32.2 Å². The fourth-order valence-corrected chi connectivity index (χ4v) is 1.53. The van der Waals surface area contributed by atoms with Gasteiger partial charge in [0.25, 0.3) is 0 Å². The predicted octanol–water partition coefficient (Wildman–Crippen LogP) is 1.74. The summed E-state index contributed by atoms with van der Waals surface area (Å²) in [5, 5.41) is 3.25. The van der Waals surface area contributed by atoms with E-state index in [0.29, 0.717) is 32.2 Å². The summed E-state index contributed by atoms with van der Waals surface area (Å²) in [7, 11) is 1.66. The molecule has 6 nitrogen and oxygen atoms in total. The highest BCUT2D eigenvalue weighted by molar-refractivity contribution is 5.55. The molecule has 1 rings (SSSR count). The number of hydrogen-bond donors (Lipinski definition) is 2. The summed E-state index contributed by atoms with van der Waals surface area (Å²) in [6.45, 7) is 10.6. The maximum Gasteiger partial charge on any atom is 0.138 e. The first-order valence-corrected chi connectivity index (χ1v) is 6.81. The van der Waals surface area contributed by atoms with Gasteiger partial charge in [-0.3, -0.25) is 0 Å². The average Bonchev–Trinajstić information content (AvgIpc) is 2.37. The van der Waals surface area contributed by atoms with E-state index < -0.39 is 0 Å². The number of aromatic nitrogens is 2. The molecule has 1 heterocycles. The van der Waals surface area contributed by atoms with Crippen molar-refractivity contribution in [2.75, 3.05) is 44.5 Å². The van der Waals surface area contributed by atoms with Crippen LogP contribution < -0.4 is 11.1 Å². The van der Waals surface area contributed by atoms with Crippen molar-refractivity contribution in [1.29, 1.82) is 0 Å². The van der Waals surface area contributed by atoms with Crippen molar-refractivity contribution in [1.82, 2.24) is 9.97 Å². The quantitative estimate of drug-likeness (QED) is 0.741. The van der Waals surface area contributed by atoms with Crippen LogP contribution in [0, 0.1) is 6.92 Å². The zero-order chi connectivity index (χ0) is 15.2. The summed E-state index contributed by atoms with van der Waals surface area (Å²) in [4.78, 5) is 8.91. The topological polar surface area (TPSA) is 82.3 Å². The zero-order valence-electron chi connectivity index (χ0n) is 13.1. The van der Waals surface area contributed by atoms with Crippen molar-refractivity contribution in [3.8, 4) is 0 Å². The Kier molecular flexibility index (Phi) is 6.16. The average molecular weight is 282 g/mol. The summed E-state index contributed by atoms with van der Waals surface area (Å²) < 4.78 is 10.3. The zero-order valence-corrected chi connectivity index (χ0v) is 13.1. The molecule has 1 aromatic rings. The molecule has 0 aliphatic heterocycles. The van der Waals surface area contributed by atoms with Gasteiger partial charge in [-0.15, -0.1) is 0 Å². The maximum atomic E-state index is 5.95. The molecular weight excluding hydrogens is 256 g/mol. The highest BCUT2D eigenvalue weighted by Gasteiger charge is 2.20. The molecule has 3 N–H and O–H groups in total. The Morgan fingerprint density at radius 1 is 1.15 bits per heavy atom. The Bertz CT molecular complexity index is 430. The first-order valence-electron chi connectivity index (χ1n) is 6.81. The van der Waals surface area contributed by atoms with E-state index in [0.717, 1.165) is 17.2 Å². The van der Waals surface area contributed by atoms with Gasteiger partial charge in [-0.1, -0.05) is 20.8 Å². The van der Waals surface area contributed by atoms with Crippen LogP contribution in [0.4, 0.5) is 11.6 Å². The molecule has 6 heteroatoms. The van der Waals surface area contributed by atoms with Gasteiger partial charge in [0.05, 0.1) is 19.8 Å². The van der Waals surface area contributed by atoms with Gasteiger partial charge in [0.2, 0.25) is 0 Å². The lowest BCUT2D eigenvalue weighted by Crippen LogP contribution is -2.20. The molecule has 114 valence electrons. The smallest absolute Gasteiger partial charge is 0.138 e. The standard InChI is InChI=1S/C14H26N4O2/c1-10-11(15)17-13(14(2,3)4)18-12(10)16-6-7-20-9-8-19-5/h6-9H2,1-5H3,(H3,15,16,17,18). The maximum absolute atomic E-state index is 5.95. The van der Waals surface area contributed by atoms with Crippen molar-refractivity contribution in [2.45, 2.75) is 33.1 Å². The number of nitrogens with two attached hydrogens (primary N) is 1. The molecule has 1 aromatic heterocycles. The van der Waals surface area contributed by atoms with Gasteiger partial charge in [-0.25, -0.2) is 9.97 Å².